The highest BCUT2D eigenvalue weighted by atomic mass is 16.5. The lowest BCUT2D eigenvalue weighted by atomic mass is 9.98. The molecule has 0 aliphatic carbocycles. The molecule has 0 spiro atoms. The highest BCUT2D eigenvalue weighted by Gasteiger charge is 2.34. The van der Waals surface area contributed by atoms with E-state index < -0.39 is 0 Å². The molecule has 5 rings (SSSR count). The summed E-state index contributed by atoms with van der Waals surface area (Å²) in [7, 11) is 1.74. The molecular weight excluding hydrogens is 630 g/mol. The summed E-state index contributed by atoms with van der Waals surface area (Å²) in [6, 6.07) is 18.4. The van der Waals surface area contributed by atoms with Crippen LogP contribution < -0.4 is 20.7 Å². The number of nitrogens with two attached hydrogens (primary N) is 1. The number of pyridine rings is 1. The van der Waals surface area contributed by atoms with Crippen molar-refractivity contribution in [3.8, 4) is 5.75 Å². The van der Waals surface area contributed by atoms with Crippen molar-refractivity contribution in [3.05, 3.63) is 89.1 Å². The molecule has 1 atom stereocenters. The minimum Gasteiger partial charge on any atom is -0.491 e. The number of nitrogens with zero attached hydrogens (tertiary/aromatic N) is 5. The Labute approximate surface area is 294 Å². The maximum Gasteiger partial charge on any atom is 0.237 e. The van der Waals surface area contributed by atoms with Crippen LogP contribution in [0.15, 0.2) is 71.7 Å². The number of hydrogen-bond acceptors (Lipinski definition) is 8. The Kier molecular flexibility index (Phi) is 11.8. The number of anilines is 2. The fourth-order valence-electron chi connectivity index (χ4n) is 6.24. The summed E-state index contributed by atoms with van der Waals surface area (Å²) in [6.45, 7) is 8.83. The van der Waals surface area contributed by atoms with Crippen LogP contribution in [0, 0.1) is 16.7 Å². The number of aliphatic imine (C=N–C) groups is 1. The zero-order chi connectivity index (χ0) is 35.8. The standard InChI is InChI=1S/C38H47N9O3/c1-5-47(33-15-14-32(39)36(44-33)35(40)28-10-12-31(13-11-28)50-25(2)3)38(49)30-16-19-45(22-30)23-34(48)46-20-17-27(18-21-46)26-6-8-29(9-7-26)37(41)43-24-42-4/h6-15,17,24-25,30,40H,5,16,18-23,39H2,1-4H3,(H2,41,42,43)/t30-/m1/s1. The lowest BCUT2D eigenvalue weighted by molar-refractivity contribution is -0.132. The molecule has 262 valence electrons. The van der Waals surface area contributed by atoms with Gasteiger partial charge in [-0.25, -0.2) is 9.98 Å². The van der Waals surface area contributed by atoms with Crippen LogP contribution in [0.5, 0.6) is 5.75 Å². The third kappa shape index (κ3) is 8.61. The van der Waals surface area contributed by atoms with Crippen LogP contribution in [0.25, 0.3) is 5.57 Å². The first kappa shape index (κ1) is 35.9. The van der Waals surface area contributed by atoms with E-state index in [4.69, 9.17) is 21.3 Å². The fourth-order valence-corrected chi connectivity index (χ4v) is 6.24. The van der Waals surface area contributed by atoms with E-state index >= 15 is 0 Å². The lowest BCUT2D eigenvalue weighted by Gasteiger charge is -2.29. The molecule has 2 aliphatic heterocycles. The average Bonchev–Trinajstić information content (AvgIpc) is 3.60. The Morgan fingerprint density at radius 2 is 1.80 bits per heavy atom. The summed E-state index contributed by atoms with van der Waals surface area (Å²) in [5.41, 5.74) is 10.8. The van der Waals surface area contributed by atoms with Gasteiger partial charge in [-0.15, -0.1) is 0 Å². The number of likely N-dealkylation sites (tertiary alicyclic amines) is 1. The van der Waals surface area contributed by atoms with Gasteiger partial charge in [-0.1, -0.05) is 30.3 Å². The highest BCUT2D eigenvalue weighted by molar-refractivity contribution is 6.13. The van der Waals surface area contributed by atoms with E-state index in [9.17, 15) is 9.59 Å². The molecule has 12 heteroatoms. The van der Waals surface area contributed by atoms with Crippen LogP contribution in [0.4, 0.5) is 11.5 Å². The van der Waals surface area contributed by atoms with E-state index in [0.717, 1.165) is 23.3 Å². The van der Waals surface area contributed by atoms with Gasteiger partial charge in [-0.2, -0.15) is 0 Å². The first-order valence-corrected chi connectivity index (χ1v) is 17.1. The van der Waals surface area contributed by atoms with Crippen molar-refractivity contribution in [1.29, 1.82) is 10.8 Å². The second-order valence-electron chi connectivity index (χ2n) is 12.8. The number of amides is 2. The first-order chi connectivity index (χ1) is 24.1. The Morgan fingerprint density at radius 3 is 2.44 bits per heavy atom. The molecule has 1 aromatic heterocycles. The monoisotopic (exact) mass is 677 g/mol. The van der Waals surface area contributed by atoms with Gasteiger partial charge in [0, 0.05) is 44.4 Å². The summed E-state index contributed by atoms with van der Waals surface area (Å²) < 4.78 is 5.72. The van der Waals surface area contributed by atoms with E-state index in [1.807, 2.05) is 62.1 Å². The van der Waals surface area contributed by atoms with Gasteiger partial charge in [0.25, 0.3) is 0 Å². The number of rotatable bonds is 12. The molecule has 3 aromatic rings. The van der Waals surface area contributed by atoms with Gasteiger partial charge in [0.1, 0.15) is 17.3 Å². The van der Waals surface area contributed by atoms with Crippen molar-refractivity contribution in [2.24, 2.45) is 10.9 Å². The number of carbonyl (C=O) groups is 2. The second kappa shape index (κ2) is 16.4. The first-order valence-electron chi connectivity index (χ1n) is 17.1. The van der Waals surface area contributed by atoms with E-state index in [-0.39, 0.29) is 41.9 Å². The van der Waals surface area contributed by atoms with Gasteiger partial charge in [0.2, 0.25) is 11.8 Å². The zero-order valence-electron chi connectivity index (χ0n) is 29.3. The van der Waals surface area contributed by atoms with Crippen LogP contribution in [0.3, 0.4) is 0 Å². The Bertz CT molecular complexity index is 1770. The SMILES string of the molecule is CCN(C(=O)[C@@H]1CCN(CC(=O)N2CC=C(c3ccc(C(=N)/N=C\NC)cc3)CC2)C1)c1ccc(N)c(C(=N)c2ccc(OC(C)C)cc2)n1. The molecule has 1 fully saturated rings. The number of hydrogen-bond donors (Lipinski definition) is 4. The number of nitrogen functional groups attached to an aromatic ring is 1. The van der Waals surface area contributed by atoms with Crippen LogP contribution in [0.2, 0.25) is 0 Å². The minimum atomic E-state index is -0.264. The van der Waals surface area contributed by atoms with E-state index in [1.54, 1.807) is 36.2 Å². The molecule has 2 aliphatic rings. The summed E-state index contributed by atoms with van der Waals surface area (Å²) in [4.78, 5) is 41.4. The van der Waals surface area contributed by atoms with Crippen molar-refractivity contribution in [1.82, 2.24) is 20.1 Å². The number of amidine groups is 1. The quantitative estimate of drug-likeness (QED) is 0.163. The van der Waals surface area contributed by atoms with Crippen LogP contribution in [0.1, 0.15) is 56.0 Å². The maximum absolute atomic E-state index is 13.8. The molecule has 1 saturated heterocycles. The van der Waals surface area contributed by atoms with Crippen molar-refractivity contribution in [3.63, 3.8) is 0 Å². The molecular formula is C38H47N9O3. The Hall–Kier alpha value is -5.36. The molecule has 0 radical (unpaired) electrons. The molecule has 2 aromatic carbocycles. The van der Waals surface area contributed by atoms with E-state index in [1.165, 1.54) is 11.9 Å². The molecule has 2 amide bonds. The summed E-state index contributed by atoms with van der Waals surface area (Å²) in [5, 5.41) is 19.7. The molecule has 5 N–H and O–H groups in total. The Morgan fingerprint density at radius 1 is 1.08 bits per heavy atom. The summed E-state index contributed by atoms with van der Waals surface area (Å²) in [6.07, 6.45) is 5.03. The predicted octanol–water partition coefficient (Wildman–Crippen LogP) is 4.43. The zero-order valence-corrected chi connectivity index (χ0v) is 29.3. The third-order valence-corrected chi connectivity index (χ3v) is 8.92. The van der Waals surface area contributed by atoms with E-state index in [0.29, 0.717) is 61.9 Å². The molecule has 0 bridgehead atoms. The molecule has 12 nitrogen and oxygen atoms in total. The number of ether oxygens (including phenoxy) is 1. The minimum absolute atomic E-state index is 0.0454. The van der Waals surface area contributed by atoms with Gasteiger partial charge in [-0.05, 0) is 87.7 Å². The van der Waals surface area contributed by atoms with Gasteiger partial charge < -0.3 is 20.7 Å². The Balaban J connectivity index is 1.16. The van der Waals surface area contributed by atoms with Crippen LogP contribution >= 0.6 is 0 Å². The van der Waals surface area contributed by atoms with Crippen LogP contribution in [-0.2, 0) is 9.59 Å². The summed E-state index contributed by atoms with van der Waals surface area (Å²) >= 11 is 0. The number of aromatic nitrogens is 1. The molecule has 0 unspecified atom stereocenters. The summed E-state index contributed by atoms with van der Waals surface area (Å²) in [5.74, 6) is 1.10. The normalized spacial score (nSPS) is 16.4. The van der Waals surface area contributed by atoms with E-state index in [2.05, 4.69) is 26.3 Å². The maximum atomic E-state index is 13.8. The van der Waals surface area contributed by atoms with Gasteiger partial charge in [0.05, 0.1) is 36.3 Å². The number of nitrogens with one attached hydrogen (secondary N) is 3. The van der Waals surface area contributed by atoms with Gasteiger partial charge in [-0.3, -0.25) is 30.2 Å². The smallest absolute Gasteiger partial charge is 0.237 e. The fraction of sp³-hybridized carbons (Fsp3) is 0.368. The molecule has 3 heterocycles. The lowest BCUT2D eigenvalue weighted by Crippen LogP contribution is -2.42. The highest BCUT2D eigenvalue weighted by Crippen LogP contribution is 2.27. The topological polar surface area (TPSA) is 164 Å². The molecule has 50 heavy (non-hydrogen) atoms. The molecule has 0 saturated carbocycles. The number of carbonyl (C=O) groups excluding carboxylic acids is 2. The average molecular weight is 678 g/mol. The van der Waals surface area contributed by atoms with Gasteiger partial charge in [0.15, 0.2) is 5.84 Å². The third-order valence-electron chi connectivity index (χ3n) is 8.92. The van der Waals surface area contributed by atoms with Crippen molar-refractivity contribution < 1.29 is 14.3 Å². The van der Waals surface area contributed by atoms with Gasteiger partial charge >= 0.3 is 0 Å². The second-order valence-corrected chi connectivity index (χ2v) is 12.8. The van der Waals surface area contributed by atoms with Crippen molar-refractivity contribution in [2.45, 2.75) is 39.7 Å². The van der Waals surface area contributed by atoms with Crippen LogP contribution in [-0.4, -0.2) is 96.9 Å². The predicted molar refractivity (Wildman–Crippen MR) is 199 cm³/mol. The van der Waals surface area contributed by atoms with Crippen molar-refractivity contribution >= 4 is 46.8 Å². The largest absolute Gasteiger partial charge is 0.491 e. The van der Waals surface area contributed by atoms with Crippen molar-refractivity contribution in [2.75, 3.05) is 56.9 Å². The number of benzene rings is 2.